The third-order valence-corrected chi connectivity index (χ3v) is 3.49. The first-order valence-corrected chi connectivity index (χ1v) is 7.22. The Labute approximate surface area is 115 Å². The van der Waals surface area contributed by atoms with Crippen LogP contribution in [0.3, 0.4) is 0 Å². The first-order chi connectivity index (χ1) is 9.29. The second kappa shape index (κ2) is 7.62. The SMILES string of the molecule is CCCNC(CCc1nccn1C)CC1OCCO1. The molecule has 1 N–H and O–H groups in total. The maximum atomic E-state index is 5.54. The van der Waals surface area contributed by atoms with Gasteiger partial charge < -0.3 is 19.4 Å². The highest BCUT2D eigenvalue weighted by atomic mass is 16.7. The Balaban J connectivity index is 1.80. The molecule has 1 aliphatic rings. The van der Waals surface area contributed by atoms with Crippen LogP contribution in [0.2, 0.25) is 0 Å². The van der Waals surface area contributed by atoms with Gasteiger partial charge in [0, 0.05) is 38.3 Å². The topological polar surface area (TPSA) is 48.3 Å². The summed E-state index contributed by atoms with van der Waals surface area (Å²) >= 11 is 0. The monoisotopic (exact) mass is 267 g/mol. The summed E-state index contributed by atoms with van der Waals surface area (Å²) in [7, 11) is 2.04. The largest absolute Gasteiger partial charge is 0.350 e. The van der Waals surface area contributed by atoms with Crippen LogP contribution in [-0.4, -0.2) is 41.6 Å². The lowest BCUT2D eigenvalue weighted by atomic mass is 10.1. The summed E-state index contributed by atoms with van der Waals surface area (Å²) in [5, 5.41) is 3.58. The molecule has 1 aliphatic heterocycles. The van der Waals surface area contributed by atoms with Crippen molar-refractivity contribution >= 4 is 0 Å². The number of ether oxygens (including phenoxy) is 2. The highest BCUT2D eigenvalue weighted by Gasteiger charge is 2.21. The van der Waals surface area contributed by atoms with Crippen LogP contribution in [0.1, 0.15) is 32.0 Å². The lowest BCUT2D eigenvalue weighted by Gasteiger charge is -2.21. The number of imidazole rings is 1. The summed E-state index contributed by atoms with van der Waals surface area (Å²) < 4.78 is 13.2. The van der Waals surface area contributed by atoms with Crippen molar-refractivity contribution in [3.05, 3.63) is 18.2 Å². The van der Waals surface area contributed by atoms with Crippen LogP contribution in [0.4, 0.5) is 0 Å². The standard InChI is InChI=1S/C14H25N3O2/c1-3-6-15-12(11-14-18-9-10-19-14)4-5-13-16-7-8-17(13)2/h7-8,12,14-15H,3-6,9-11H2,1-2H3. The van der Waals surface area contributed by atoms with Crippen molar-refractivity contribution in [2.24, 2.45) is 7.05 Å². The van der Waals surface area contributed by atoms with Crippen molar-refractivity contribution in [3.8, 4) is 0 Å². The van der Waals surface area contributed by atoms with E-state index >= 15 is 0 Å². The fraction of sp³-hybridized carbons (Fsp3) is 0.786. The van der Waals surface area contributed by atoms with E-state index in [9.17, 15) is 0 Å². The van der Waals surface area contributed by atoms with Crippen LogP contribution < -0.4 is 5.32 Å². The van der Waals surface area contributed by atoms with Crippen LogP contribution in [-0.2, 0) is 22.9 Å². The van der Waals surface area contributed by atoms with E-state index in [1.807, 2.05) is 19.4 Å². The van der Waals surface area contributed by atoms with Crippen molar-refractivity contribution in [1.29, 1.82) is 0 Å². The maximum Gasteiger partial charge on any atom is 0.159 e. The molecule has 1 unspecified atom stereocenters. The van der Waals surface area contributed by atoms with Gasteiger partial charge in [0.25, 0.3) is 0 Å². The third kappa shape index (κ3) is 4.60. The molecule has 1 saturated heterocycles. The Morgan fingerprint density at radius 2 is 2.26 bits per heavy atom. The number of aromatic nitrogens is 2. The van der Waals surface area contributed by atoms with Gasteiger partial charge in [-0.3, -0.25) is 0 Å². The molecule has 2 rings (SSSR count). The molecular formula is C14H25N3O2. The number of hydrogen-bond donors (Lipinski definition) is 1. The van der Waals surface area contributed by atoms with Gasteiger partial charge in [0.05, 0.1) is 13.2 Å². The Kier molecular flexibility index (Phi) is 5.82. The van der Waals surface area contributed by atoms with Gasteiger partial charge in [0.1, 0.15) is 5.82 Å². The van der Waals surface area contributed by atoms with E-state index in [-0.39, 0.29) is 6.29 Å². The third-order valence-electron chi connectivity index (χ3n) is 3.49. The van der Waals surface area contributed by atoms with Gasteiger partial charge in [-0.1, -0.05) is 6.92 Å². The molecule has 5 nitrogen and oxygen atoms in total. The quantitative estimate of drug-likeness (QED) is 0.775. The fourth-order valence-electron chi connectivity index (χ4n) is 2.37. The molecule has 0 bridgehead atoms. The molecule has 5 heteroatoms. The predicted molar refractivity (Wildman–Crippen MR) is 73.9 cm³/mol. The van der Waals surface area contributed by atoms with Gasteiger partial charge in [0.15, 0.2) is 6.29 Å². The Morgan fingerprint density at radius 1 is 1.47 bits per heavy atom. The number of hydrogen-bond acceptors (Lipinski definition) is 4. The van der Waals surface area contributed by atoms with E-state index in [0.29, 0.717) is 6.04 Å². The lowest BCUT2D eigenvalue weighted by molar-refractivity contribution is -0.0531. The molecule has 0 spiro atoms. The molecule has 0 aliphatic carbocycles. The lowest BCUT2D eigenvalue weighted by Crippen LogP contribution is -2.34. The zero-order valence-corrected chi connectivity index (χ0v) is 12.0. The number of nitrogens with one attached hydrogen (secondary N) is 1. The first-order valence-electron chi connectivity index (χ1n) is 7.22. The molecule has 2 heterocycles. The second-order valence-corrected chi connectivity index (χ2v) is 5.05. The Hall–Kier alpha value is -0.910. The minimum atomic E-state index is -0.0317. The molecule has 108 valence electrons. The minimum Gasteiger partial charge on any atom is -0.350 e. The fourth-order valence-corrected chi connectivity index (χ4v) is 2.37. The van der Waals surface area contributed by atoms with Gasteiger partial charge in [-0.25, -0.2) is 4.98 Å². The second-order valence-electron chi connectivity index (χ2n) is 5.05. The van der Waals surface area contributed by atoms with Crippen molar-refractivity contribution in [2.75, 3.05) is 19.8 Å². The predicted octanol–water partition coefficient (Wildman–Crippen LogP) is 1.48. The summed E-state index contributed by atoms with van der Waals surface area (Å²) in [5.41, 5.74) is 0. The normalized spacial score (nSPS) is 18.0. The van der Waals surface area contributed by atoms with Crippen LogP contribution >= 0.6 is 0 Å². The molecule has 0 radical (unpaired) electrons. The van der Waals surface area contributed by atoms with Gasteiger partial charge in [-0.05, 0) is 19.4 Å². The number of nitrogens with zero attached hydrogens (tertiary/aromatic N) is 2. The van der Waals surface area contributed by atoms with E-state index in [2.05, 4.69) is 21.8 Å². The molecular weight excluding hydrogens is 242 g/mol. The summed E-state index contributed by atoms with van der Waals surface area (Å²) in [6, 6.07) is 0.430. The zero-order chi connectivity index (χ0) is 13.5. The molecule has 1 aromatic heterocycles. The molecule has 1 aromatic rings. The van der Waals surface area contributed by atoms with Gasteiger partial charge in [-0.2, -0.15) is 0 Å². The Bertz CT molecular complexity index is 361. The van der Waals surface area contributed by atoms with Gasteiger partial charge >= 0.3 is 0 Å². The average Bonchev–Trinajstić information content (AvgIpc) is 3.04. The van der Waals surface area contributed by atoms with Gasteiger partial charge in [-0.15, -0.1) is 0 Å². The first kappa shape index (κ1) is 14.5. The molecule has 1 fully saturated rings. The van der Waals surface area contributed by atoms with Crippen LogP contribution in [0.15, 0.2) is 12.4 Å². The van der Waals surface area contributed by atoms with E-state index in [4.69, 9.17) is 9.47 Å². The van der Waals surface area contributed by atoms with Crippen molar-refractivity contribution in [3.63, 3.8) is 0 Å². The van der Waals surface area contributed by atoms with Gasteiger partial charge in [0.2, 0.25) is 0 Å². The highest BCUT2D eigenvalue weighted by Crippen LogP contribution is 2.14. The molecule has 19 heavy (non-hydrogen) atoms. The number of rotatable bonds is 8. The number of aryl methyl sites for hydroxylation is 2. The minimum absolute atomic E-state index is 0.0317. The smallest absolute Gasteiger partial charge is 0.159 e. The molecule has 0 aromatic carbocycles. The molecule has 1 atom stereocenters. The molecule has 0 amide bonds. The molecule has 0 saturated carbocycles. The van der Waals surface area contributed by atoms with Crippen LogP contribution in [0, 0.1) is 0 Å². The summed E-state index contributed by atoms with van der Waals surface area (Å²) in [4.78, 5) is 4.37. The summed E-state index contributed by atoms with van der Waals surface area (Å²) in [6.45, 7) is 4.68. The highest BCUT2D eigenvalue weighted by molar-refractivity contribution is 4.92. The van der Waals surface area contributed by atoms with Crippen LogP contribution in [0.25, 0.3) is 0 Å². The zero-order valence-electron chi connectivity index (χ0n) is 12.0. The van der Waals surface area contributed by atoms with E-state index in [1.165, 1.54) is 0 Å². The maximum absolute atomic E-state index is 5.54. The van der Waals surface area contributed by atoms with Crippen molar-refractivity contribution in [1.82, 2.24) is 14.9 Å². The Morgan fingerprint density at radius 3 is 2.89 bits per heavy atom. The van der Waals surface area contributed by atoms with Crippen molar-refractivity contribution in [2.45, 2.75) is 44.9 Å². The van der Waals surface area contributed by atoms with E-state index in [1.54, 1.807) is 0 Å². The van der Waals surface area contributed by atoms with Crippen molar-refractivity contribution < 1.29 is 9.47 Å². The average molecular weight is 267 g/mol. The summed E-state index contributed by atoms with van der Waals surface area (Å²) in [6.07, 6.45) is 7.93. The summed E-state index contributed by atoms with van der Waals surface area (Å²) in [5.74, 6) is 1.14. The van der Waals surface area contributed by atoms with E-state index < -0.39 is 0 Å². The van der Waals surface area contributed by atoms with Crippen LogP contribution in [0.5, 0.6) is 0 Å². The van der Waals surface area contributed by atoms with E-state index in [0.717, 1.165) is 51.3 Å².